The lowest BCUT2D eigenvalue weighted by Crippen LogP contribution is -2.39. The zero-order valence-electron chi connectivity index (χ0n) is 16.0. The lowest BCUT2D eigenvalue weighted by Gasteiger charge is -2.18. The lowest BCUT2D eigenvalue weighted by molar-refractivity contribution is -0.121. The van der Waals surface area contributed by atoms with E-state index in [4.69, 9.17) is 4.74 Å². The maximum Gasteiger partial charge on any atom is 0.233 e. The number of aryl methyl sites for hydroxylation is 1. The topological polar surface area (TPSA) is 79.9 Å². The van der Waals surface area contributed by atoms with Crippen molar-refractivity contribution in [1.29, 1.82) is 0 Å². The van der Waals surface area contributed by atoms with Crippen molar-refractivity contribution in [1.82, 2.24) is 20.5 Å². The Morgan fingerprint density at radius 2 is 2.04 bits per heavy atom. The molecule has 7 heteroatoms. The summed E-state index contributed by atoms with van der Waals surface area (Å²) in [6.45, 7) is 4.23. The number of carbonyl (C=O) groups excluding carboxylic acids is 1. The average molecular weight is 389 g/mol. The molecule has 1 aliphatic carbocycles. The molecule has 1 aromatic heterocycles. The molecule has 2 aromatic rings. The van der Waals surface area contributed by atoms with Crippen LogP contribution >= 0.6 is 11.8 Å². The van der Waals surface area contributed by atoms with Crippen LogP contribution in [0.4, 0.5) is 0 Å². The van der Waals surface area contributed by atoms with E-state index in [9.17, 15) is 4.79 Å². The summed E-state index contributed by atoms with van der Waals surface area (Å²) in [6, 6.07) is 8.17. The monoisotopic (exact) mass is 388 g/mol. The highest BCUT2D eigenvalue weighted by atomic mass is 32.2. The Hall–Kier alpha value is -2.02. The molecule has 1 aromatic carbocycles. The molecule has 1 unspecified atom stereocenters. The van der Waals surface area contributed by atoms with E-state index in [2.05, 4.69) is 20.5 Å². The summed E-state index contributed by atoms with van der Waals surface area (Å²) < 4.78 is 5.78. The highest BCUT2D eigenvalue weighted by molar-refractivity contribution is 8.00. The minimum absolute atomic E-state index is 0.0643. The van der Waals surface area contributed by atoms with Crippen molar-refractivity contribution in [3.05, 3.63) is 35.7 Å². The highest BCUT2D eigenvalue weighted by Gasteiger charge is 2.21. The van der Waals surface area contributed by atoms with Gasteiger partial charge in [-0.25, -0.2) is 4.98 Å². The maximum atomic E-state index is 12.5. The first-order chi connectivity index (χ1) is 13.1. The molecule has 1 atom stereocenters. The number of hydrogen-bond acceptors (Lipinski definition) is 5. The molecule has 1 amide bonds. The Bertz CT molecular complexity index is 741. The third-order valence-electron chi connectivity index (χ3n) is 4.82. The summed E-state index contributed by atoms with van der Waals surface area (Å²) >= 11 is 1.37. The van der Waals surface area contributed by atoms with E-state index in [0.29, 0.717) is 23.6 Å². The Balaban J connectivity index is 1.47. The van der Waals surface area contributed by atoms with Crippen LogP contribution in [0.3, 0.4) is 0 Å². The molecule has 0 radical (unpaired) electrons. The number of H-pyrrole nitrogens is 1. The fourth-order valence-electron chi connectivity index (χ4n) is 3.21. The summed E-state index contributed by atoms with van der Waals surface area (Å²) in [5.41, 5.74) is 1.08. The van der Waals surface area contributed by atoms with Crippen LogP contribution in [0.1, 0.15) is 56.8 Å². The average Bonchev–Trinajstić information content (AvgIpc) is 2.94. The number of benzene rings is 1. The minimum Gasteiger partial charge on any atom is -0.485 e. The molecule has 146 valence electrons. The van der Waals surface area contributed by atoms with Gasteiger partial charge in [-0.1, -0.05) is 55.6 Å². The van der Waals surface area contributed by atoms with E-state index in [-0.39, 0.29) is 11.2 Å². The summed E-state index contributed by atoms with van der Waals surface area (Å²) in [5, 5.41) is 10.6. The molecule has 0 bridgehead atoms. The molecule has 2 N–H and O–H groups in total. The molecule has 1 heterocycles. The molecule has 27 heavy (non-hydrogen) atoms. The second-order valence-electron chi connectivity index (χ2n) is 7.08. The third-order valence-corrected chi connectivity index (χ3v) is 5.78. The predicted molar refractivity (Wildman–Crippen MR) is 107 cm³/mol. The first-order valence-electron chi connectivity index (χ1n) is 9.68. The molecule has 0 spiro atoms. The fraction of sp³-hybridized carbons (Fsp3) is 0.550. The van der Waals surface area contributed by atoms with Gasteiger partial charge in [0.15, 0.2) is 5.82 Å². The molecular formula is C20H28N4O2S. The van der Waals surface area contributed by atoms with Gasteiger partial charge in [0.05, 0.1) is 5.25 Å². The molecule has 1 fully saturated rings. The molecule has 0 aliphatic heterocycles. The van der Waals surface area contributed by atoms with Gasteiger partial charge in [0.25, 0.3) is 0 Å². The van der Waals surface area contributed by atoms with Gasteiger partial charge in [-0.3, -0.25) is 9.89 Å². The molecule has 3 rings (SSSR count). The number of ether oxygens (including phenoxy) is 1. The molecular weight excluding hydrogens is 360 g/mol. The SMILES string of the molecule is Cc1ccccc1OCc1nc(SC(C)C(=O)NC2CCCCCC2)n[nH]1. The van der Waals surface area contributed by atoms with Gasteiger partial charge in [-0.2, -0.15) is 0 Å². The van der Waals surface area contributed by atoms with Crippen molar-refractivity contribution < 1.29 is 9.53 Å². The standard InChI is InChI=1S/C20H28N4O2S/c1-14-9-7-8-12-17(14)26-13-18-22-20(24-23-18)27-15(2)19(25)21-16-10-5-3-4-6-11-16/h7-9,12,15-16H,3-6,10-11,13H2,1-2H3,(H,21,25)(H,22,23,24). The van der Waals surface area contributed by atoms with Crippen LogP contribution in [0.25, 0.3) is 0 Å². The largest absolute Gasteiger partial charge is 0.485 e. The molecule has 1 aliphatic rings. The first-order valence-corrected chi connectivity index (χ1v) is 10.6. The van der Waals surface area contributed by atoms with Gasteiger partial charge in [-0.05, 0) is 38.3 Å². The van der Waals surface area contributed by atoms with E-state index in [1.54, 1.807) is 0 Å². The van der Waals surface area contributed by atoms with Crippen molar-refractivity contribution >= 4 is 17.7 Å². The normalized spacial score (nSPS) is 16.5. The maximum absolute atomic E-state index is 12.5. The minimum atomic E-state index is -0.228. The Labute approximate surface area is 164 Å². The summed E-state index contributed by atoms with van der Waals surface area (Å²) in [4.78, 5) is 16.9. The van der Waals surface area contributed by atoms with Crippen LogP contribution in [0.2, 0.25) is 0 Å². The Kier molecular flexibility index (Phi) is 7.15. The zero-order chi connectivity index (χ0) is 19.1. The smallest absolute Gasteiger partial charge is 0.233 e. The molecule has 0 saturated heterocycles. The number of aromatic nitrogens is 3. The second-order valence-corrected chi connectivity index (χ2v) is 8.38. The van der Waals surface area contributed by atoms with Gasteiger partial charge in [0.1, 0.15) is 12.4 Å². The van der Waals surface area contributed by atoms with E-state index in [1.807, 2.05) is 38.1 Å². The van der Waals surface area contributed by atoms with Crippen molar-refractivity contribution in [2.24, 2.45) is 0 Å². The first kappa shape index (κ1) is 19.7. The van der Waals surface area contributed by atoms with E-state index >= 15 is 0 Å². The number of rotatable bonds is 7. The number of amides is 1. The van der Waals surface area contributed by atoms with Crippen LogP contribution in [0, 0.1) is 6.92 Å². The van der Waals surface area contributed by atoms with E-state index in [1.165, 1.54) is 37.4 Å². The second kappa shape index (κ2) is 9.78. The van der Waals surface area contributed by atoms with Crippen molar-refractivity contribution in [3.8, 4) is 5.75 Å². The van der Waals surface area contributed by atoms with Gasteiger partial charge in [-0.15, -0.1) is 5.10 Å². The molecule has 1 saturated carbocycles. The van der Waals surface area contributed by atoms with Crippen molar-refractivity contribution in [3.63, 3.8) is 0 Å². The summed E-state index contributed by atoms with van der Waals surface area (Å²) in [5.74, 6) is 1.55. The van der Waals surface area contributed by atoms with Crippen molar-refractivity contribution in [2.75, 3.05) is 0 Å². The van der Waals surface area contributed by atoms with Crippen LogP contribution in [0.5, 0.6) is 5.75 Å². The number of para-hydroxylation sites is 1. The lowest BCUT2D eigenvalue weighted by atomic mass is 10.1. The van der Waals surface area contributed by atoms with Crippen molar-refractivity contribution in [2.45, 2.75) is 75.4 Å². The summed E-state index contributed by atoms with van der Waals surface area (Å²) in [6.07, 6.45) is 7.14. The quantitative estimate of drug-likeness (QED) is 0.553. The number of hydrogen-bond donors (Lipinski definition) is 2. The highest BCUT2D eigenvalue weighted by Crippen LogP contribution is 2.22. The predicted octanol–water partition coefficient (Wildman–Crippen LogP) is 4.01. The van der Waals surface area contributed by atoms with Gasteiger partial charge in [0.2, 0.25) is 11.1 Å². The van der Waals surface area contributed by atoms with Crippen LogP contribution in [-0.4, -0.2) is 32.4 Å². The third kappa shape index (κ3) is 5.99. The van der Waals surface area contributed by atoms with Crippen LogP contribution in [-0.2, 0) is 11.4 Å². The van der Waals surface area contributed by atoms with E-state index in [0.717, 1.165) is 24.2 Å². The van der Waals surface area contributed by atoms with Gasteiger partial charge >= 0.3 is 0 Å². The number of thioether (sulfide) groups is 1. The summed E-state index contributed by atoms with van der Waals surface area (Å²) in [7, 11) is 0. The number of aromatic amines is 1. The zero-order valence-corrected chi connectivity index (χ0v) is 16.8. The number of carbonyl (C=O) groups is 1. The number of nitrogens with one attached hydrogen (secondary N) is 2. The van der Waals surface area contributed by atoms with Crippen LogP contribution in [0.15, 0.2) is 29.4 Å². The number of nitrogens with zero attached hydrogens (tertiary/aromatic N) is 2. The Morgan fingerprint density at radius 3 is 2.78 bits per heavy atom. The van der Waals surface area contributed by atoms with E-state index < -0.39 is 0 Å². The van der Waals surface area contributed by atoms with Crippen LogP contribution < -0.4 is 10.1 Å². The molecule has 6 nitrogen and oxygen atoms in total. The van der Waals surface area contributed by atoms with Gasteiger partial charge < -0.3 is 10.1 Å². The Morgan fingerprint density at radius 1 is 1.30 bits per heavy atom. The van der Waals surface area contributed by atoms with Gasteiger partial charge in [0, 0.05) is 6.04 Å². The fourth-order valence-corrected chi connectivity index (χ4v) is 3.97.